The summed E-state index contributed by atoms with van der Waals surface area (Å²) < 4.78 is 0. The number of carboxylic acid groups (broad SMARTS) is 1. The molecule has 104 valence electrons. The summed E-state index contributed by atoms with van der Waals surface area (Å²) in [6.45, 7) is 1.48. The molecule has 7 heteroatoms. The molecule has 0 radical (unpaired) electrons. The molecule has 4 N–H and O–H groups in total. The number of urea groups is 1. The molecule has 0 bridgehead atoms. The van der Waals surface area contributed by atoms with E-state index in [1.807, 2.05) is 0 Å². The number of aliphatic carboxylic acids is 1. The Bertz CT molecular complexity index is 289. The molecule has 7 nitrogen and oxygen atoms in total. The van der Waals surface area contributed by atoms with E-state index in [9.17, 15) is 9.59 Å². The smallest absolute Gasteiger partial charge is 0.332 e. The molecule has 2 amide bonds. The average molecular weight is 260 g/mol. The molecule has 0 spiro atoms. The molecule has 18 heavy (non-hydrogen) atoms. The Kier molecular flexibility index (Phi) is 5.87. The number of likely N-dealkylation sites (tertiary alicyclic amines) is 1. The summed E-state index contributed by atoms with van der Waals surface area (Å²) in [6.07, 6.45) is 0.114. The minimum absolute atomic E-state index is 0.00578. The molecule has 0 aromatic heterocycles. The lowest BCUT2D eigenvalue weighted by atomic mass is 9.98. The van der Waals surface area contributed by atoms with Gasteiger partial charge >= 0.3 is 12.0 Å². The van der Waals surface area contributed by atoms with Gasteiger partial charge in [0.05, 0.1) is 0 Å². The van der Waals surface area contributed by atoms with E-state index in [1.54, 1.807) is 4.90 Å². The summed E-state index contributed by atoms with van der Waals surface area (Å²) in [4.78, 5) is 23.7. The van der Waals surface area contributed by atoms with Gasteiger partial charge in [0.25, 0.3) is 0 Å². The standard InChI is InChI=1S/C11H20N2O5/c14-7-8-2-5-13(6-3-8)11(18)12-4-1-9(15)10(16)17/h8-9,14-15H,1-7H2,(H,12,18)(H,16,17)/t9-/m0/s1. The molecule has 0 saturated carbocycles. The first-order chi connectivity index (χ1) is 8.54. The van der Waals surface area contributed by atoms with Crippen LogP contribution in [0.1, 0.15) is 19.3 Å². The Labute approximate surface area is 105 Å². The zero-order chi connectivity index (χ0) is 13.5. The number of nitrogens with one attached hydrogen (secondary N) is 1. The third-order valence-electron chi connectivity index (χ3n) is 3.14. The number of rotatable bonds is 5. The average Bonchev–Trinajstić information content (AvgIpc) is 2.38. The van der Waals surface area contributed by atoms with Crippen LogP contribution in [0.3, 0.4) is 0 Å². The number of aliphatic hydroxyl groups excluding tert-OH is 2. The van der Waals surface area contributed by atoms with Gasteiger partial charge in [0.2, 0.25) is 0 Å². The van der Waals surface area contributed by atoms with E-state index in [4.69, 9.17) is 15.3 Å². The number of aliphatic hydroxyl groups is 2. The van der Waals surface area contributed by atoms with Crippen LogP contribution in [0.15, 0.2) is 0 Å². The first-order valence-electron chi connectivity index (χ1n) is 6.09. The number of carbonyl (C=O) groups excluding carboxylic acids is 1. The molecule has 0 unspecified atom stereocenters. The number of hydrogen-bond donors (Lipinski definition) is 4. The normalized spacial score (nSPS) is 18.4. The summed E-state index contributed by atoms with van der Waals surface area (Å²) in [5.41, 5.74) is 0. The summed E-state index contributed by atoms with van der Waals surface area (Å²) >= 11 is 0. The van der Waals surface area contributed by atoms with Gasteiger partial charge in [-0.3, -0.25) is 0 Å². The second-order valence-corrected chi connectivity index (χ2v) is 4.49. The molecule has 1 aliphatic rings. The number of piperidine rings is 1. The second kappa shape index (κ2) is 7.17. The van der Waals surface area contributed by atoms with Crippen LogP contribution < -0.4 is 5.32 Å². The Morgan fingerprint density at radius 1 is 1.33 bits per heavy atom. The van der Waals surface area contributed by atoms with Crippen molar-refractivity contribution in [3.8, 4) is 0 Å². The van der Waals surface area contributed by atoms with E-state index >= 15 is 0 Å². The van der Waals surface area contributed by atoms with E-state index in [1.165, 1.54) is 0 Å². The molecule has 1 atom stereocenters. The quantitative estimate of drug-likeness (QED) is 0.519. The molecule has 0 aromatic rings. The van der Waals surface area contributed by atoms with Gasteiger partial charge in [-0.15, -0.1) is 0 Å². The fourth-order valence-electron chi connectivity index (χ4n) is 1.87. The van der Waals surface area contributed by atoms with Crippen LogP contribution in [0.4, 0.5) is 4.79 Å². The highest BCUT2D eigenvalue weighted by atomic mass is 16.4. The van der Waals surface area contributed by atoms with Gasteiger partial charge in [-0.25, -0.2) is 9.59 Å². The predicted molar refractivity (Wildman–Crippen MR) is 63.0 cm³/mol. The van der Waals surface area contributed by atoms with Gasteiger partial charge in [0.15, 0.2) is 6.10 Å². The van der Waals surface area contributed by atoms with Crippen LogP contribution in [0, 0.1) is 5.92 Å². The number of carboxylic acids is 1. The Morgan fingerprint density at radius 2 is 1.94 bits per heavy atom. The van der Waals surface area contributed by atoms with E-state index in [2.05, 4.69) is 5.32 Å². The summed E-state index contributed by atoms with van der Waals surface area (Å²) in [5, 5.41) is 29.0. The summed E-state index contributed by atoms with van der Waals surface area (Å²) in [5.74, 6) is -1.02. The molecule has 1 heterocycles. The molecule has 0 aliphatic carbocycles. The lowest BCUT2D eigenvalue weighted by Crippen LogP contribution is -2.45. The highest BCUT2D eigenvalue weighted by Crippen LogP contribution is 2.16. The minimum Gasteiger partial charge on any atom is -0.479 e. The summed E-state index contributed by atoms with van der Waals surface area (Å²) in [7, 11) is 0. The van der Waals surface area contributed by atoms with Crippen LogP contribution in [0.5, 0.6) is 0 Å². The largest absolute Gasteiger partial charge is 0.479 e. The van der Waals surface area contributed by atoms with Crippen LogP contribution in [-0.2, 0) is 4.79 Å². The number of amides is 2. The molecular formula is C11H20N2O5. The van der Waals surface area contributed by atoms with Gasteiger partial charge in [-0.05, 0) is 18.8 Å². The van der Waals surface area contributed by atoms with Crippen molar-refractivity contribution in [2.24, 2.45) is 5.92 Å². The fourth-order valence-corrected chi connectivity index (χ4v) is 1.87. The summed E-state index contributed by atoms with van der Waals surface area (Å²) in [6, 6.07) is -0.246. The predicted octanol–water partition coefficient (Wildman–Crippen LogP) is -0.764. The zero-order valence-electron chi connectivity index (χ0n) is 10.2. The first kappa shape index (κ1) is 14.7. The van der Waals surface area contributed by atoms with Crippen molar-refractivity contribution in [3.05, 3.63) is 0 Å². The number of nitrogens with zero attached hydrogens (tertiary/aromatic N) is 1. The fraction of sp³-hybridized carbons (Fsp3) is 0.818. The zero-order valence-corrected chi connectivity index (χ0v) is 10.2. The third-order valence-corrected chi connectivity index (χ3v) is 3.14. The highest BCUT2D eigenvalue weighted by molar-refractivity contribution is 5.74. The van der Waals surface area contributed by atoms with Crippen molar-refractivity contribution in [2.75, 3.05) is 26.2 Å². The molecule has 1 rings (SSSR count). The van der Waals surface area contributed by atoms with E-state index < -0.39 is 12.1 Å². The number of hydrogen-bond acceptors (Lipinski definition) is 4. The second-order valence-electron chi connectivity index (χ2n) is 4.49. The van der Waals surface area contributed by atoms with Crippen molar-refractivity contribution in [3.63, 3.8) is 0 Å². The van der Waals surface area contributed by atoms with E-state index in [-0.39, 0.29) is 31.5 Å². The maximum Gasteiger partial charge on any atom is 0.332 e. The van der Waals surface area contributed by atoms with Crippen molar-refractivity contribution in [1.82, 2.24) is 10.2 Å². The van der Waals surface area contributed by atoms with Gasteiger partial charge < -0.3 is 25.5 Å². The molecule has 1 saturated heterocycles. The lowest BCUT2D eigenvalue weighted by molar-refractivity contribution is -0.146. The molecule has 0 aromatic carbocycles. The lowest BCUT2D eigenvalue weighted by Gasteiger charge is -2.31. The van der Waals surface area contributed by atoms with Crippen LogP contribution >= 0.6 is 0 Å². The van der Waals surface area contributed by atoms with Crippen molar-refractivity contribution >= 4 is 12.0 Å². The number of carbonyl (C=O) groups is 2. The van der Waals surface area contributed by atoms with Gasteiger partial charge in [-0.1, -0.05) is 0 Å². The Hall–Kier alpha value is -1.34. The van der Waals surface area contributed by atoms with E-state index in [0.29, 0.717) is 13.1 Å². The van der Waals surface area contributed by atoms with E-state index in [0.717, 1.165) is 12.8 Å². The van der Waals surface area contributed by atoms with Crippen molar-refractivity contribution in [1.29, 1.82) is 0 Å². The Balaban J connectivity index is 2.19. The molecule has 1 fully saturated rings. The van der Waals surface area contributed by atoms with Crippen molar-refractivity contribution < 1.29 is 24.9 Å². The van der Waals surface area contributed by atoms with Gasteiger partial charge in [-0.2, -0.15) is 0 Å². The Morgan fingerprint density at radius 3 is 2.44 bits per heavy atom. The minimum atomic E-state index is -1.44. The third kappa shape index (κ3) is 4.50. The maximum absolute atomic E-state index is 11.7. The van der Waals surface area contributed by atoms with Gasteiger partial charge in [0.1, 0.15) is 0 Å². The maximum atomic E-state index is 11.7. The topological polar surface area (TPSA) is 110 Å². The highest BCUT2D eigenvalue weighted by Gasteiger charge is 2.22. The van der Waals surface area contributed by atoms with Crippen LogP contribution in [-0.4, -0.2) is 64.6 Å². The van der Waals surface area contributed by atoms with Crippen molar-refractivity contribution in [2.45, 2.75) is 25.4 Å². The van der Waals surface area contributed by atoms with Crippen LogP contribution in [0.2, 0.25) is 0 Å². The first-order valence-corrected chi connectivity index (χ1v) is 6.09. The molecular weight excluding hydrogens is 240 g/mol. The van der Waals surface area contributed by atoms with Gasteiger partial charge in [0, 0.05) is 32.7 Å². The SMILES string of the molecule is O=C(O)[C@@H](O)CCNC(=O)N1CCC(CO)CC1. The molecule has 1 aliphatic heterocycles. The monoisotopic (exact) mass is 260 g/mol. The van der Waals surface area contributed by atoms with Crippen LogP contribution in [0.25, 0.3) is 0 Å².